The molecule has 12 aromatic rings. The van der Waals surface area contributed by atoms with E-state index in [2.05, 4.69) is 200 Å². The van der Waals surface area contributed by atoms with Gasteiger partial charge in [-0.05, 0) is 85.1 Å². The lowest BCUT2D eigenvalue weighted by molar-refractivity contribution is 0.670. The summed E-state index contributed by atoms with van der Waals surface area (Å²) in [7, 11) is 0. The molecule has 0 radical (unpaired) electrons. The van der Waals surface area contributed by atoms with Gasteiger partial charge in [0.25, 0.3) is 0 Å². The van der Waals surface area contributed by atoms with E-state index < -0.39 is 0 Å². The number of hydrogen-bond acceptors (Lipinski definition) is 3. The molecule has 0 saturated heterocycles. The molecule has 0 aliphatic rings. The summed E-state index contributed by atoms with van der Waals surface area (Å²) in [6, 6.07) is 75.5. The summed E-state index contributed by atoms with van der Waals surface area (Å²) in [6.07, 6.45) is 1.92. The van der Waals surface area contributed by atoms with Crippen LogP contribution in [0.1, 0.15) is 0 Å². The van der Waals surface area contributed by atoms with Crippen LogP contribution >= 0.6 is 0 Å². The Morgan fingerprint density at radius 2 is 0.770 bits per heavy atom. The number of nitrogens with zero attached hydrogens (tertiary/aromatic N) is 2. The van der Waals surface area contributed by atoms with Gasteiger partial charge in [0.05, 0.1) is 22.9 Å². The molecule has 3 heteroatoms. The number of fused-ring (bicyclic) bond motifs is 9. The van der Waals surface area contributed by atoms with Gasteiger partial charge in [-0.2, -0.15) is 0 Å². The van der Waals surface area contributed by atoms with Gasteiger partial charge in [-0.1, -0.05) is 188 Å². The third-order valence-corrected chi connectivity index (χ3v) is 12.1. The van der Waals surface area contributed by atoms with Crippen molar-refractivity contribution in [3.8, 4) is 66.9 Å². The first kappa shape index (κ1) is 34.9. The summed E-state index contributed by atoms with van der Waals surface area (Å²) in [5, 5.41) is 6.81. The fourth-order valence-electron chi connectivity index (χ4n) is 9.01. The maximum Gasteiger partial charge on any atom is 0.143 e. The molecule has 284 valence electrons. The Bertz CT molecular complexity index is 3610. The number of aromatic nitrogens is 2. The van der Waals surface area contributed by atoms with Crippen LogP contribution in [0.4, 0.5) is 0 Å². The van der Waals surface area contributed by atoms with Crippen molar-refractivity contribution in [2.75, 3.05) is 0 Å². The molecule has 0 spiro atoms. The Kier molecular flexibility index (Phi) is 8.17. The van der Waals surface area contributed by atoms with E-state index >= 15 is 0 Å². The summed E-state index contributed by atoms with van der Waals surface area (Å²) in [6.45, 7) is 0. The second-order valence-corrected chi connectivity index (χ2v) is 15.7. The number of rotatable bonds is 6. The summed E-state index contributed by atoms with van der Waals surface area (Å²) in [4.78, 5) is 10.5. The van der Waals surface area contributed by atoms with Crippen molar-refractivity contribution < 1.29 is 4.42 Å². The standard InChI is InChI=1S/C58H36N2O/c1-3-11-37(12-4-1)45-29-31-49-52(34-45)53-35-46(38-13-5-2-6-14-38)30-32-50(53)57-56(49)59-36-54(60-57)42-27-23-40(24-28-42)44-16-9-15-43(33-44)39-21-25-41(26-22-39)47-18-10-19-51-48-17-7-8-20-55(48)61-58(47)51/h1-36H. The molecule has 0 amide bonds. The molecule has 0 unspecified atom stereocenters. The van der Waals surface area contributed by atoms with Gasteiger partial charge >= 0.3 is 0 Å². The molecule has 0 atom stereocenters. The second kappa shape index (κ2) is 14.3. The van der Waals surface area contributed by atoms with Gasteiger partial charge in [0.1, 0.15) is 11.2 Å². The minimum absolute atomic E-state index is 0.847. The highest BCUT2D eigenvalue weighted by Gasteiger charge is 2.16. The van der Waals surface area contributed by atoms with Crippen LogP contribution in [0.3, 0.4) is 0 Å². The first-order valence-electron chi connectivity index (χ1n) is 20.7. The van der Waals surface area contributed by atoms with Crippen LogP contribution in [0.2, 0.25) is 0 Å². The summed E-state index contributed by atoms with van der Waals surface area (Å²) in [5.74, 6) is 0. The van der Waals surface area contributed by atoms with Crippen LogP contribution in [0.5, 0.6) is 0 Å². The van der Waals surface area contributed by atoms with Gasteiger partial charge in [-0.3, -0.25) is 4.98 Å². The first-order valence-corrected chi connectivity index (χ1v) is 20.7. The van der Waals surface area contributed by atoms with Crippen LogP contribution in [-0.4, -0.2) is 9.97 Å². The van der Waals surface area contributed by atoms with Gasteiger partial charge in [-0.25, -0.2) is 4.98 Å². The Morgan fingerprint density at radius 1 is 0.295 bits per heavy atom. The van der Waals surface area contributed by atoms with Gasteiger partial charge in [0, 0.05) is 32.7 Å². The molecular formula is C58H36N2O. The molecule has 0 saturated carbocycles. The van der Waals surface area contributed by atoms with E-state index in [9.17, 15) is 0 Å². The summed E-state index contributed by atoms with van der Waals surface area (Å²) in [5.41, 5.74) is 17.1. The number of furan rings is 1. The topological polar surface area (TPSA) is 38.9 Å². The zero-order valence-corrected chi connectivity index (χ0v) is 33.1. The Hall–Kier alpha value is -8.14. The lowest BCUT2D eigenvalue weighted by Gasteiger charge is -2.14. The van der Waals surface area contributed by atoms with Crippen LogP contribution in [-0.2, 0) is 0 Å². The maximum absolute atomic E-state index is 6.33. The van der Waals surface area contributed by atoms with E-state index in [-0.39, 0.29) is 0 Å². The molecule has 0 N–H and O–H groups in total. The van der Waals surface area contributed by atoms with E-state index in [0.29, 0.717) is 0 Å². The zero-order chi connectivity index (χ0) is 40.3. The quantitative estimate of drug-likeness (QED) is 0.158. The molecule has 2 aromatic heterocycles. The van der Waals surface area contributed by atoms with E-state index in [1.54, 1.807) is 0 Å². The van der Waals surface area contributed by atoms with Gasteiger partial charge < -0.3 is 4.42 Å². The van der Waals surface area contributed by atoms with Crippen molar-refractivity contribution in [3.63, 3.8) is 0 Å². The van der Waals surface area contributed by atoms with Crippen LogP contribution in [0.25, 0.3) is 121 Å². The average Bonchev–Trinajstić information content (AvgIpc) is 3.73. The Balaban J connectivity index is 0.882. The smallest absolute Gasteiger partial charge is 0.143 e. The zero-order valence-electron chi connectivity index (χ0n) is 33.1. The van der Waals surface area contributed by atoms with Crippen molar-refractivity contribution in [1.82, 2.24) is 9.97 Å². The SMILES string of the molecule is c1ccc(-c2ccc3c(c2)c2cc(-c4ccccc4)ccc2c2nc(-c4ccc(-c5cccc(-c6ccc(-c7cccc8c7oc7ccccc78)cc6)c5)cc4)cnc32)cc1. The molecule has 0 aliphatic carbocycles. The van der Waals surface area contributed by atoms with Crippen molar-refractivity contribution in [1.29, 1.82) is 0 Å². The van der Waals surface area contributed by atoms with E-state index in [0.717, 1.165) is 82.8 Å². The van der Waals surface area contributed by atoms with Crippen molar-refractivity contribution in [3.05, 3.63) is 219 Å². The van der Waals surface area contributed by atoms with Crippen molar-refractivity contribution >= 4 is 54.5 Å². The fourth-order valence-corrected chi connectivity index (χ4v) is 9.01. The Labute approximate surface area is 352 Å². The van der Waals surface area contributed by atoms with Crippen LogP contribution in [0, 0.1) is 0 Å². The second-order valence-electron chi connectivity index (χ2n) is 15.7. The number of para-hydroxylation sites is 2. The normalized spacial score (nSPS) is 11.6. The molecule has 0 aliphatic heterocycles. The van der Waals surface area contributed by atoms with E-state index in [1.807, 2.05) is 18.3 Å². The lowest BCUT2D eigenvalue weighted by Crippen LogP contribution is -1.93. The molecule has 3 nitrogen and oxygen atoms in total. The third-order valence-electron chi connectivity index (χ3n) is 12.1. The van der Waals surface area contributed by atoms with Crippen molar-refractivity contribution in [2.45, 2.75) is 0 Å². The molecule has 0 fully saturated rings. The number of benzene rings is 10. The highest BCUT2D eigenvalue weighted by Crippen LogP contribution is 2.40. The monoisotopic (exact) mass is 776 g/mol. The summed E-state index contributed by atoms with van der Waals surface area (Å²) >= 11 is 0. The van der Waals surface area contributed by atoms with Crippen LogP contribution < -0.4 is 0 Å². The highest BCUT2D eigenvalue weighted by atomic mass is 16.3. The fraction of sp³-hybridized carbons (Fsp3) is 0. The molecule has 10 aromatic carbocycles. The average molecular weight is 777 g/mol. The first-order chi connectivity index (χ1) is 30.2. The van der Waals surface area contributed by atoms with E-state index in [1.165, 1.54) is 38.6 Å². The minimum atomic E-state index is 0.847. The molecule has 0 bridgehead atoms. The van der Waals surface area contributed by atoms with Crippen LogP contribution in [0.15, 0.2) is 223 Å². The van der Waals surface area contributed by atoms with E-state index in [4.69, 9.17) is 14.4 Å². The molecular weight excluding hydrogens is 741 g/mol. The molecule has 61 heavy (non-hydrogen) atoms. The van der Waals surface area contributed by atoms with Gasteiger partial charge in [0.15, 0.2) is 0 Å². The predicted molar refractivity (Wildman–Crippen MR) is 254 cm³/mol. The van der Waals surface area contributed by atoms with Gasteiger partial charge in [0.2, 0.25) is 0 Å². The van der Waals surface area contributed by atoms with Crippen molar-refractivity contribution in [2.24, 2.45) is 0 Å². The largest absolute Gasteiger partial charge is 0.455 e. The maximum atomic E-state index is 6.33. The lowest BCUT2D eigenvalue weighted by atomic mass is 9.93. The van der Waals surface area contributed by atoms with Gasteiger partial charge in [-0.15, -0.1) is 0 Å². The molecule has 2 heterocycles. The highest BCUT2D eigenvalue weighted by molar-refractivity contribution is 6.24. The number of hydrogen-bond donors (Lipinski definition) is 0. The predicted octanol–water partition coefficient (Wildman–Crippen LogP) is 15.8. The third kappa shape index (κ3) is 6.06. The Morgan fingerprint density at radius 3 is 1.43 bits per heavy atom. The summed E-state index contributed by atoms with van der Waals surface area (Å²) < 4.78 is 6.33. The molecule has 12 rings (SSSR count). The minimum Gasteiger partial charge on any atom is -0.455 e.